The Morgan fingerprint density at radius 1 is 1.70 bits per heavy atom. The summed E-state index contributed by atoms with van der Waals surface area (Å²) in [6.45, 7) is 2.24. The molecular formula is C6H14BN3. The molecule has 0 aliphatic heterocycles. The molecule has 1 rings (SSSR count). The second-order valence-corrected chi connectivity index (χ2v) is 2.07. The number of hydrogen-bond donors (Lipinski definition) is 1. The SMILES string of the molecule is [BH3-]NCCn1cc[n+](C)c1. The maximum Gasteiger partial charge on any atom is 0.243 e. The van der Waals surface area contributed by atoms with Gasteiger partial charge in [0.05, 0.1) is 13.6 Å². The van der Waals surface area contributed by atoms with E-state index in [2.05, 4.69) is 33.1 Å². The van der Waals surface area contributed by atoms with Crippen molar-refractivity contribution in [1.82, 2.24) is 9.79 Å². The van der Waals surface area contributed by atoms with E-state index in [1.54, 1.807) is 0 Å². The van der Waals surface area contributed by atoms with E-state index < -0.39 is 0 Å². The van der Waals surface area contributed by atoms with Crippen molar-refractivity contribution in [3.05, 3.63) is 18.7 Å². The van der Waals surface area contributed by atoms with Gasteiger partial charge in [0.15, 0.2) is 0 Å². The first-order chi connectivity index (χ1) is 4.83. The summed E-state index contributed by atoms with van der Waals surface area (Å²) >= 11 is 0. The summed E-state index contributed by atoms with van der Waals surface area (Å²) in [5, 5.41) is 3.35. The Hall–Kier alpha value is -0.765. The largest absolute Gasteiger partial charge is 0.494 e. The molecular weight excluding hydrogens is 125 g/mol. The highest BCUT2D eigenvalue weighted by molar-refractivity contribution is 6.04. The van der Waals surface area contributed by atoms with Gasteiger partial charge in [-0.2, -0.15) is 0 Å². The van der Waals surface area contributed by atoms with Crippen molar-refractivity contribution < 1.29 is 4.57 Å². The Morgan fingerprint density at radius 3 is 3.00 bits per heavy atom. The van der Waals surface area contributed by atoms with Crippen LogP contribution in [0.1, 0.15) is 0 Å². The molecule has 0 radical (unpaired) electrons. The standard InChI is InChI=1S/C6H14BN3/c1-9-4-5-10(6-9)3-2-8-7/h4-6,8H,2-3H2,1,7H3. The monoisotopic (exact) mass is 139 g/mol. The molecule has 1 heterocycles. The molecule has 0 aliphatic carbocycles. The number of nitrogens with zero attached hydrogens (tertiary/aromatic N) is 2. The Balaban J connectivity index is 2.42. The molecule has 0 aromatic carbocycles. The minimum Gasteiger partial charge on any atom is -0.494 e. The molecule has 0 unspecified atom stereocenters. The number of nitrogens with one attached hydrogen (secondary N) is 1. The average molecular weight is 139 g/mol. The molecule has 0 amide bonds. The normalized spacial score (nSPS) is 10.2. The van der Waals surface area contributed by atoms with Crippen molar-refractivity contribution in [1.29, 1.82) is 0 Å². The molecule has 0 atom stereocenters. The van der Waals surface area contributed by atoms with Crippen LogP contribution in [0.2, 0.25) is 0 Å². The molecule has 1 N–H and O–H groups in total. The summed E-state index contributed by atoms with van der Waals surface area (Å²) < 4.78 is 4.25. The van der Waals surface area contributed by atoms with Crippen LogP contribution in [0.3, 0.4) is 0 Å². The average Bonchev–Trinajstić information content (AvgIpc) is 2.31. The first kappa shape index (κ1) is 7.34. The first-order valence-electron chi connectivity index (χ1n) is 2.98. The molecule has 0 saturated carbocycles. The van der Waals surface area contributed by atoms with E-state index in [9.17, 15) is 0 Å². The van der Waals surface area contributed by atoms with Gasteiger partial charge in [0.2, 0.25) is 6.33 Å². The van der Waals surface area contributed by atoms with Crippen LogP contribution >= 0.6 is 0 Å². The maximum absolute atomic E-state index is 3.35. The maximum atomic E-state index is 3.35. The van der Waals surface area contributed by atoms with Crippen LogP contribution in [0.15, 0.2) is 18.7 Å². The predicted octanol–water partition coefficient (Wildman–Crippen LogP) is -1.82. The van der Waals surface area contributed by atoms with Crippen LogP contribution in [0.4, 0.5) is 0 Å². The molecule has 56 valence electrons. The number of aryl methyl sites for hydroxylation is 1. The summed E-state index contributed by atoms with van der Waals surface area (Å²) in [6.07, 6.45) is 6.25. The van der Waals surface area contributed by atoms with E-state index in [0.717, 1.165) is 13.1 Å². The highest BCUT2D eigenvalue weighted by Crippen LogP contribution is 1.80. The molecule has 1 aromatic heterocycles. The molecule has 0 saturated heterocycles. The summed E-state index contributed by atoms with van der Waals surface area (Å²) in [6, 6.07) is 0. The van der Waals surface area contributed by atoms with Gasteiger partial charge in [0.25, 0.3) is 0 Å². The van der Waals surface area contributed by atoms with Crippen LogP contribution in [0, 0.1) is 0 Å². The zero-order valence-electron chi connectivity index (χ0n) is 5.54. The topological polar surface area (TPSA) is 20.8 Å². The summed E-state index contributed by atoms with van der Waals surface area (Å²) in [4.78, 5) is 0. The van der Waals surface area contributed by atoms with E-state index in [-0.39, 0.29) is 0 Å². The van der Waals surface area contributed by atoms with Gasteiger partial charge in [-0.15, -0.1) is 0 Å². The van der Waals surface area contributed by atoms with E-state index >= 15 is 0 Å². The van der Waals surface area contributed by atoms with Crippen LogP contribution < -0.4 is 9.79 Å². The van der Waals surface area contributed by atoms with Crippen LogP contribution in [-0.2, 0) is 13.6 Å². The summed E-state index contributed by atoms with van der Waals surface area (Å²) in [7, 11) is 2.43. The fourth-order valence-corrected chi connectivity index (χ4v) is 0.763. The molecule has 4 heteroatoms. The van der Waals surface area contributed by atoms with Crippen molar-refractivity contribution >= 4 is 7.98 Å². The number of rotatable bonds is 3. The number of aromatic nitrogens is 2. The first-order valence-corrected chi connectivity index (χ1v) is 2.98. The summed E-state index contributed by atoms with van der Waals surface area (Å²) in [5.41, 5.74) is 0. The third-order valence-electron chi connectivity index (χ3n) is 1.19. The van der Waals surface area contributed by atoms with E-state index in [1.807, 2.05) is 7.05 Å². The fourth-order valence-electron chi connectivity index (χ4n) is 0.763. The van der Waals surface area contributed by atoms with Gasteiger partial charge in [0, 0.05) is 7.98 Å². The minimum absolute atomic E-state index is 0.386. The third kappa shape index (κ3) is 1.88. The Morgan fingerprint density at radius 2 is 2.50 bits per heavy atom. The van der Waals surface area contributed by atoms with Crippen LogP contribution in [0.5, 0.6) is 0 Å². The van der Waals surface area contributed by atoms with Crippen molar-refractivity contribution in [3.8, 4) is 0 Å². The van der Waals surface area contributed by atoms with Gasteiger partial charge in [-0.05, 0) is 6.54 Å². The van der Waals surface area contributed by atoms with Crippen molar-refractivity contribution in [3.63, 3.8) is 0 Å². The molecule has 0 bridgehead atoms. The van der Waals surface area contributed by atoms with Gasteiger partial charge in [-0.25, -0.2) is 9.13 Å². The fraction of sp³-hybridized carbons (Fsp3) is 0.500. The van der Waals surface area contributed by atoms with Crippen molar-refractivity contribution in [2.24, 2.45) is 7.05 Å². The van der Waals surface area contributed by atoms with E-state index in [1.165, 1.54) is 0 Å². The highest BCUT2D eigenvalue weighted by atomic mass is 15.1. The highest BCUT2D eigenvalue weighted by Gasteiger charge is 1.95. The second kappa shape index (κ2) is 3.41. The minimum atomic E-state index is 0.386. The Bertz CT molecular complexity index is 197. The van der Waals surface area contributed by atoms with E-state index in [4.69, 9.17) is 0 Å². The molecule has 3 nitrogen and oxygen atoms in total. The molecule has 0 aliphatic rings. The van der Waals surface area contributed by atoms with Gasteiger partial charge in [-0.3, -0.25) is 0 Å². The Labute approximate surface area is 62.1 Å². The Kier molecular flexibility index (Phi) is 2.51. The quantitative estimate of drug-likeness (QED) is 0.386. The van der Waals surface area contributed by atoms with Crippen LogP contribution in [-0.4, -0.2) is 19.1 Å². The van der Waals surface area contributed by atoms with Gasteiger partial charge in [0.1, 0.15) is 12.4 Å². The van der Waals surface area contributed by atoms with Gasteiger partial charge < -0.3 is 5.23 Å². The smallest absolute Gasteiger partial charge is 0.243 e. The van der Waals surface area contributed by atoms with Gasteiger partial charge >= 0.3 is 0 Å². The lowest BCUT2D eigenvalue weighted by atomic mass is 10.4. The number of hydrogen-bond acceptors (Lipinski definition) is 1. The molecule has 1 aromatic rings. The number of imidazole rings is 1. The lowest BCUT2D eigenvalue weighted by molar-refractivity contribution is -0.671. The lowest BCUT2D eigenvalue weighted by Gasteiger charge is -1.97. The lowest BCUT2D eigenvalue weighted by Crippen LogP contribution is -2.24. The van der Waals surface area contributed by atoms with Crippen molar-refractivity contribution in [2.75, 3.05) is 6.54 Å². The molecule has 0 spiro atoms. The zero-order chi connectivity index (χ0) is 7.40. The molecule has 0 fully saturated rings. The van der Waals surface area contributed by atoms with Gasteiger partial charge in [-0.1, -0.05) is 0 Å². The zero-order valence-corrected chi connectivity index (χ0v) is 5.54. The van der Waals surface area contributed by atoms with Crippen molar-refractivity contribution in [2.45, 2.75) is 6.54 Å². The van der Waals surface area contributed by atoms with Crippen LogP contribution in [0.25, 0.3) is 0 Å². The van der Waals surface area contributed by atoms with E-state index in [0.29, 0.717) is 7.98 Å². The molecule has 10 heavy (non-hydrogen) atoms. The second-order valence-electron chi connectivity index (χ2n) is 2.07. The predicted molar refractivity (Wildman–Crippen MR) is 43.5 cm³/mol. The summed E-state index contributed by atoms with van der Waals surface area (Å²) in [5.74, 6) is 0. The third-order valence-corrected chi connectivity index (χ3v) is 1.19.